The van der Waals surface area contributed by atoms with E-state index in [9.17, 15) is 25.0 Å². The molecule has 0 aliphatic carbocycles. The molecule has 3 N–H and O–H groups in total. The normalized spacial score (nSPS) is 11.0. The fraction of sp³-hybridized carbons (Fsp3) is 0.167. The predicted molar refractivity (Wildman–Crippen MR) is 113 cm³/mol. The lowest BCUT2D eigenvalue weighted by molar-refractivity contribution is -0.393. The summed E-state index contributed by atoms with van der Waals surface area (Å²) in [4.78, 5) is 37.9. The number of anilines is 2. The highest BCUT2D eigenvalue weighted by Gasteiger charge is 2.19. The van der Waals surface area contributed by atoms with Crippen LogP contribution in [0, 0.1) is 27.2 Å². The highest BCUT2D eigenvalue weighted by atomic mass is 16.6. The largest absolute Gasteiger partial charge is 0.395 e. The number of aliphatic hydroxyl groups excluding tert-OH is 1. The van der Waals surface area contributed by atoms with Crippen molar-refractivity contribution in [1.82, 2.24) is 9.38 Å². The van der Waals surface area contributed by atoms with Crippen LogP contribution < -0.4 is 16.3 Å². The van der Waals surface area contributed by atoms with Gasteiger partial charge in [-0.25, -0.2) is 4.98 Å². The van der Waals surface area contributed by atoms with Crippen LogP contribution in [0.25, 0.3) is 5.65 Å². The molecule has 0 atom stereocenters. The van der Waals surface area contributed by atoms with E-state index in [4.69, 9.17) is 5.11 Å². The van der Waals surface area contributed by atoms with Crippen LogP contribution in [0.15, 0.2) is 46.4 Å². The van der Waals surface area contributed by atoms with Crippen molar-refractivity contribution >= 4 is 34.7 Å². The topological polar surface area (TPSA) is 177 Å². The van der Waals surface area contributed by atoms with Gasteiger partial charge in [0.15, 0.2) is 0 Å². The Balaban J connectivity index is 2.01. The molecule has 0 saturated heterocycles. The highest BCUT2D eigenvalue weighted by Crippen LogP contribution is 2.28. The number of aryl methyl sites for hydroxylation is 1. The van der Waals surface area contributed by atoms with Crippen molar-refractivity contribution in [2.45, 2.75) is 6.92 Å². The van der Waals surface area contributed by atoms with E-state index in [0.717, 1.165) is 30.0 Å². The van der Waals surface area contributed by atoms with Gasteiger partial charge in [0.25, 0.3) is 11.2 Å². The van der Waals surface area contributed by atoms with Gasteiger partial charge in [0.1, 0.15) is 22.7 Å². The second-order valence-electron chi connectivity index (χ2n) is 6.30. The minimum Gasteiger partial charge on any atom is -0.395 e. The number of hydrogen-bond donors (Lipinski definition) is 3. The lowest BCUT2D eigenvalue weighted by atomic mass is 10.2. The predicted octanol–water partition coefficient (Wildman–Crippen LogP) is 1.67. The van der Waals surface area contributed by atoms with Gasteiger partial charge in [-0.3, -0.25) is 34.8 Å². The molecule has 0 bridgehead atoms. The molecule has 2 heterocycles. The summed E-state index contributed by atoms with van der Waals surface area (Å²) in [5, 5.41) is 37.9. The first-order chi connectivity index (χ1) is 14.8. The lowest BCUT2D eigenvalue weighted by Gasteiger charge is -2.11. The lowest BCUT2D eigenvalue weighted by Crippen LogP contribution is -2.24. The minimum atomic E-state index is -0.783. The summed E-state index contributed by atoms with van der Waals surface area (Å²) in [6, 6.07) is 6.52. The van der Waals surface area contributed by atoms with Crippen molar-refractivity contribution in [1.29, 1.82) is 0 Å². The maximum Gasteiger partial charge on any atom is 0.301 e. The Morgan fingerprint density at radius 1 is 1.26 bits per heavy atom. The third-order valence-corrected chi connectivity index (χ3v) is 4.26. The average molecular weight is 427 g/mol. The van der Waals surface area contributed by atoms with Crippen molar-refractivity contribution in [3.05, 3.63) is 78.2 Å². The number of hydrazone groups is 1. The molecule has 13 nitrogen and oxygen atoms in total. The van der Waals surface area contributed by atoms with E-state index < -0.39 is 26.8 Å². The average Bonchev–Trinajstić information content (AvgIpc) is 2.74. The summed E-state index contributed by atoms with van der Waals surface area (Å²) in [6.07, 6.45) is 2.67. The second kappa shape index (κ2) is 8.96. The Bertz CT molecular complexity index is 1250. The van der Waals surface area contributed by atoms with Crippen molar-refractivity contribution in [2.24, 2.45) is 5.10 Å². The summed E-state index contributed by atoms with van der Waals surface area (Å²) in [7, 11) is 0. The van der Waals surface area contributed by atoms with Gasteiger partial charge in [-0.15, -0.1) is 0 Å². The van der Waals surface area contributed by atoms with Crippen LogP contribution >= 0.6 is 0 Å². The molecular formula is C18H17N7O6. The summed E-state index contributed by atoms with van der Waals surface area (Å²) in [5.41, 5.74) is 2.13. The number of hydrogen-bond acceptors (Lipinski definition) is 10. The van der Waals surface area contributed by atoms with Crippen molar-refractivity contribution in [3.63, 3.8) is 0 Å². The summed E-state index contributed by atoms with van der Waals surface area (Å²) < 4.78 is 1.33. The summed E-state index contributed by atoms with van der Waals surface area (Å²) >= 11 is 0. The quantitative estimate of drug-likeness (QED) is 0.274. The number of rotatable bonds is 8. The number of nitro groups is 2. The van der Waals surface area contributed by atoms with Gasteiger partial charge in [0, 0.05) is 18.8 Å². The summed E-state index contributed by atoms with van der Waals surface area (Å²) in [5.74, 6) is 0.178. The molecule has 0 aliphatic heterocycles. The molecule has 0 fully saturated rings. The maximum atomic E-state index is 12.9. The zero-order valence-electron chi connectivity index (χ0n) is 16.2. The van der Waals surface area contributed by atoms with Gasteiger partial charge < -0.3 is 10.4 Å². The van der Waals surface area contributed by atoms with E-state index in [1.165, 1.54) is 4.40 Å². The van der Waals surface area contributed by atoms with E-state index in [-0.39, 0.29) is 30.2 Å². The number of nitro benzene ring substituents is 2. The van der Waals surface area contributed by atoms with E-state index in [1.807, 2.05) is 0 Å². The number of nitrogens with zero attached hydrogens (tertiary/aromatic N) is 5. The number of benzene rings is 1. The Hall–Kier alpha value is -4.39. The molecule has 0 amide bonds. The Labute approximate surface area is 174 Å². The molecular weight excluding hydrogens is 410 g/mol. The van der Waals surface area contributed by atoms with Crippen LogP contribution in [0.2, 0.25) is 0 Å². The van der Waals surface area contributed by atoms with E-state index in [1.54, 1.807) is 25.3 Å². The maximum absolute atomic E-state index is 12.9. The fourth-order valence-electron chi connectivity index (χ4n) is 2.78. The fourth-order valence-corrected chi connectivity index (χ4v) is 2.78. The molecule has 1 aromatic carbocycles. The number of pyridine rings is 1. The van der Waals surface area contributed by atoms with Gasteiger partial charge in [-0.05, 0) is 24.6 Å². The van der Waals surface area contributed by atoms with E-state index in [0.29, 0.717) is 5.65 Å². The molecule has 0 saturated carbocycles. The number of aliphatic hydroxyl groups is 1. The molecule has 31 heavy (non-hydrogen) atoms. The van der Waals surface area contributed by atoms with Crippen molar-refractivity contribution in [2.75, 3.05) is 23.9 Å². The number of fused-ring (bicyclic) bond motifs is 1. The van der Waals surface area contributed by atoms with Crippen molar-refractivity contribution < 1.29 is 15.0 Å². The first kappa shape index (κ1) is 21.3. The second-order valence-corrected chi connectivity index (χ2v) is 6.30. The smallest absolute Gasteiger partial charge is 0.301 e. The zero-order valence-corrected chi connectivity index (χ0v) is 16.2. The Morgan fingerprint density at radius 2 is 2.03 bits per heavy atom. The van der Waals surface area contributed by atoms with Crippen LogP contribution in [-0.2, 0) is 0 Å². The van der Waals surface area contributed by atoms with Crippen molar-refractivity contribution in [3.8, 4) is 0 Å². The van der Waals surface area contributed by atoms with Gasteiger partial charge in [-0.2, -0.15) is 5.10 Å². The number of aromatic nitrogens is 2. The Kier molecular flexibility index (Phi) is 6.16. The van der Waals surface area contributed by atoms with Crippen LogP contribution in [0.5, 0.6) is 0 Å². The number of non-ortho nitro benzene ring substituents is 1. The SMILES string of the molecule is Cc1cccn2c(=O)c(/C=N\Nc3ccc([N+](=O)[O-])cc3[N+](=O)[O-])c(NCCO)nc12. The molecule has 2 aromatic heterocycles. The molecule has 0 unspecified atom stereocenters. The molecule has 160 valence electrons. The molecule has 0 spiro atoms. The molecule has 13 heteroatoms. The van der Waals surface area contributed by atoms with Gasteiger partial charge >= 0.3 is 5.69 Å². The van der Waals surface area contributed by atoms with Gasteiger partial charge in [0.2, 0.25) is 0 Å². The molecule has 0 radical (unpaired) electrons. The number of nitrogens with one attached hydrogen (secondary N) is 2. The van der Waals surface area contributed by atoms with Gasteiger partial charge in [-0.1, -0.05) is 6.07 Å². The van der Waals surface area contributed by atoms with E-state index in [2.05, 4.69) is 20.8 Å². The van der Waals surface area contributed by atoms with Gasteiger partial charge in [0.05, 0.1) is 28.7 Å². The van der Waals surface area contributed by atoms with Crippen LogP contribution in [0.4, 0.5) is 22.9 Å². The first-order valence-electron chi connectivity index (χ1n) is 8.92. The third kappa shape index (κ3) is 4.45. The summed E-state index contributed by atoms with van der Waals surface area (Å²) in [6.45, 7) is 1.73. The Morgan fingerprint density at radius 3 is 2.71 bits per heavy atom. The molecule has 0 aliphatic rings. The first-order valence-corrected chi connectivity index (χ1v) is 8.92. The molecule has 3 aromatic rings. The minimum absolute atomic E-state index is 0.0496. The standard InChI is InChI=1S/C18H17N7O6/c1-11-3-2-7-23-17(11)21-16(19-6-8-26)13(18(23)27)10-20-22-14-5-4-12(24(28)29)9-15(14)25(30)31/h2-5,7,9-10,19,22,26H,6,8H2,1H3/b20-10-. The highest BCUT2D eigenvalue weighted by molar-refractivity contribution is 5.87. The van der Waals surface area contributed by atoms with Crippen LogP contribution in [0.3, 0.4) is 0 Å². The van der Waals surface area contributed by atoms with E-state index >= 15 is 0 Å². The monoisotopic (exact) mass is 427 g/mol. The third-order valence-electron chi connectivity index (χ3n) is 4.26. The van der Waals surface area contributed by atoms with Crippen LogP contribution in [-0.4, -0.2) is 43.7 Å². The molecule has 3 rings (SSSR count). The van der Waals surface area contributed by atoms with Crippen LogP contribution in [0.1, 0.15) is 11.1 Å². The zero-order chi connectivity index (χ0) is 22.5.